The first-order chi connectivity index (χ1) is 14.6. The van der Waals surface area contributed by atoms with Crippen LogP contribution in [0, 0.1) is 17.7 Å². The van der Waals surface area contributed by atoms with E-state index in [-0.39, 0.29) is 36.8 Å². The number of carbonyl (C=O) groups is 2. The van der Waals surface area contributed by atoms with Crippen molar-refractivity contribution < 1.29 is 18.7 Å². The van der Waals surface area contributed by atoms with E-state index in [1.807, 2.05) is 4.90 Å². The van der Waals surface area contributed by atoms with Gasteiger partial charge in [-0.3, -0.25) is 9.59 Å². The molecule has 1 saturated carbocycles. The van der Waals surface area contributed by atoms with E-state index in [2.05, 4.69) is 10.2 Å². The van der Waals surface area contributed by atoms with Gasteiger partial charge in [-0.25, -0.2) is 4.39 Å². The molecule has 2 heterocycles. The SMILES string of the molecule is O=C(Cc1ccccc1F)NCC1CN(CC2CCN(CC3CC3)CC2)C(=O)CO1. The monoisotopic (exact) mass is 417 g/mol. The lowest BCUT2D eigenvalue weighted by Crippen LogP contribution is -2.52. The van der Waals surface area contributed by atoms with Crippen LogP contribution in [-0.2, 0) is 20.7 Å². The highest BCUT2D eigenvalue weighted by atomic mass is 19.1. The molecular formula is C23H32FN3O3. The molecule has 0 bridgehead atoms. The minimum Gasteiger partial charge on any atom is -0.365 e. The molecule has 1 aliphatic carbocycles. The number of halogens is 1. The van der Waals surface area contributed by atoms with Crippen molar-refractivity contribution in [3.63, 3.8) is 0 Å². The Morgan fingerprint density at radius 3 is 2.57 bits per heavy atom. The van der Waals surface area contributed by atoms with Gasteiger partial charge < -0.3 is 19.9 Å². The number of benzene rings is 1. The molecular weight excluding hydrogens is 385 g/mol. The molecule has 1 aromatic carbocycles. The van der Waals surface area contributed by atoms with Crippen LogP contribution in [0.3, 0.4) is 0 Å². The summed E-state index contributed by atoms with van der Waals surface area (Å²) in [7, 11) is 0. The Kier molecular flexibility index (Phi) is 7.00. The summed E-state index contributed by atoms with van der Waals surface area (Å²) in [6.07, 6.45) is 4.84. The van der Waals surface area contributed by atoms with Crippen LogP contribution in [0.1, 0.15) is 31.2 Å². The standard InChI is InChI=1S/C23H32FN3O3/c24-21-4-2-1-3-19(21)11-22(28)25-12-20-15-27(23(29)16-30-20)14-18-7-9-26(10-8-18)13-17-5-6-17/h1-4,17-18,20H,5-16H2,(H,25,28). The maximum Gasteiger partial charge on any atom is 0.248 e. The average Bonchev–Trinajstić information content (AvgIpc) is 3.56. The Hall–Kier alpha value is -1.99. The first-order valence-corrected chi connectivity index (χ1v) is 11.2. The topological polar surface area (TPSA) is 61.9 Å². The Morgan fingerprint density at radius 1 is 1.10 bits per heavy atom. The van der Waals surface area contributed by atoms with Crippen molar-refractivity contribution in [3.8, 4) is 0 Å². The number of likely N-dealkylation sites (tertiary alicyclic amines) is 1. The van der Waals surface area contributed by atoms with Crippen molar-refractivity contribution in [3.05, 3.63) is 35.6 Å². The summed E-state index contributed by atoms with van der Waals surface area (Å²) < 4.78 is 19.3. The first-order valence-electron chi connectivity index (χ1n) is 11.2. The highest BCUT2D eigenvalue weighted by molar-refractivity contribution is 5.79. The zero-order valence-corrected chi connectivity index (χ0v) is 17.5. The Balaban J connectivity index is 1.19. The van der Waals surface area contributed by atoms with E-state index >= 15 is 0 Å². The zero-order chi connectivity index (χ0) is 20.9. The van der Waals surface area contributed by atoms with Crippen LogP contribution in [0.4, 0.5) is 4.39 Å². The van der Waals surface area contributed by atoms with E-state index in [4.69, 9.17) is 4.74 Å². The Labute approximate surface area is 177 Å². The van der Waals surface area contributed by atoms with Crippen LogP contribution in [0.25, 0.3) is 0 Å². The molecule has 4 rings (SSSR count). The van der Waals surface area contributed by atoms with E-state index < -0.39 is 0 Å². The van der Waals surface area contributed by atoms with Gasteiger partial charge in [-0.15, -0.1) is 0 Å². The van der Waals surface area contributed by atoms with Crippen molar-refractivity contribution in [2.45, 2.75) is 38.2 Å². The molecule has 164 valence electrons. The van der Waals surface area contributed by atoms with Crippen molar-refractivity contribution in [2.24, 2.45) is 11.8 Å². The van der Waals surface area contributed by atoms with Gasteiger partial charge >= 0.3 is 0 Å². The summed E-state index contributed by atoms with van der Waals surface area (Å²) in [5.74, 6) is 0.886. The van der Waals surface area contributed by atoms with Gasteiger partial charge in [0, 0.05) is 26.2 Å². The Morgan fingerprint density at radius 2 is 1.83 bits per heavy atom. The fraction of sp³-hybridized carbons (Fsp3) is 0.652. The number of rotatable bonds is 8. The molecule has 3 fully saturated rings. The molecule has 3 aliphatic rings. The quantitative estimate of drug-likeness (QED) is 0.701. The average molecular weight is 418 g/mol. The van der Waals surface area contributed by atoms with Crippen molar-refractivity contribution in [1.29, 1.82) is 0 Å². The molecule has 7 heteroatoms. The van der Waals surface area contributed by atoms with E-state index in [0.717, 1.165) is 38.4 Å². The molecule has 6 nitrogen and oxygen atoms in total. The second kappa shape index (κ2) is 9.88. The fourth-order valence-electron chi connectivity index (χ4n) is 4.41. The molecule has 1 N–H and O–H groups in total. The van der Waals surface area contributed by atoms with Crippen LogP contribution < -0.4 is 5.32 Å². The summed E-state index contributed by atoms with van der Waals surface area (Å²) in [4.78, 5) is 28.9. The number of carbonyl (C=O) groups excluding carboxylic acids is 2. The van der Waals surface area contributed by atoms with Gasteiger partial charge in [-0.2, -0.15) is 0 Å². The minimum absolute atomic E-state index is 0.00146. The largest absolute Gasteiger partial charge is 0.365 e. The van der Waals surface area contributed by atoms with E-state index in [9.17, 15) is 14.0 Å². The van der Waals surface area contributed by atoms with Gasteiger partial charge in [0.15, 0.2) is 0 Å². The highest BCUT2D eigenvalue weighted by Crippen LogP contribution is 2.31. The van der Waals surface area contributed by atoms with Gasteiger partial charge in [-0.1, -0.05) is 18.2 Å². The first kappa shape index (κ1) is 21.2. The highest BCUT2D eigenvalue weighted by Gasteiger charge is 2.31. The smallest absolute Gasteiger partial charge is 0.248 e. The van der Waals surface area contributed by atoms with Gasteiger partial charge in [-0.05, 0) is 62.2 Å². The van der Waals surface area contributed by atoms with Gasteiger partial charge in [0.05, 0.1) is 12.5 Å². The summed E-state index contributed by atoms with van der Waals surface area (Å²) >= 11 is 0. The molecule has 2 amide bonds. The predicted molar refractivity (Wildman–Crippen MR) is 111 cm³/mol. The molecule has 0 spiro atoms. The normalized spacial score (nSPS) is 23.6. The molecule has 2 saturated heterocycles. The maximum absolute atomic E-state index is 13.7. The van der Waals surface area contributed by atoms with Crippen molar-refractivity contribution in [1.82, 2.24) is 15.1 Å². The number of morpholine rings is 1. The third-order valence-electron chi connectivity index (χ3n) is 6.45. The molecule has 1 unspecified atom stereocenters. The fourth-order valence-corrected chi connectivity index (χ4v) is 4.41. The van der Waals surface area contributed by atoms with Gasteiger partial charge in [0.25, 0.3) is 0 Å². The second-order valence-corrected chi connectivity index (χ2v) is 8.99. The zero-order valence-electron chi connectivity index (χ0n) is 17.5. The van der Waals surface area contributed by atoms with Crippen LogP contribution in [0.5, 0.6) is 0 Å². The van der Waals surface area contributed by atoms with Crippen LogP contribution in [0.2, 0.25) is 0 Å². The minimum atomic E-state index is -0.374. The van der Waals surface area contributed by atoms with Crippen molar-refractivity contribution >= 4 is 11.8 Å². The lowest BCUT2D eigenvalue weighted by Gasteiger charge is -2.38. The lowest BCUT2D eigenvalue weighted by molar-refractivity contribution is -0.150. The Bertz CT molecular complexity index is 747. The molecule has 1 aromatic rings. The number of hydrogen-bond donors (Lipinski definition) is 1. The van der Waals surface area contributed by atoms with Crippen LogP contribution in [-0.4, -0.2) is 73.6 Å². The number of hydrogen-bond acceptors (Lipinski definition) is 4. The molecule has 1 atom stereocenters. The van der Waals surface area contributed by atoms with Gasteiger partial charge in [0.2, 0.25) is 11.8 Å². The van der Waals surface area contributed by atoms with Crippen molar-refractivity contribution in [2.75, 3.05) is 45.9 Å². The number of nitrogens with zero attached hydrogens (tertiary/aromatic N) is 2. The third-order valence-corrected chi connectivity index (χ3v) is 6.45. The predicted octanol–water partition coefficient (Wildman–Crippen LogP) is 1.83. The van der Waals surface area contributed by atoms with E-state index in [1.165, 1.54) is 25.5 Å². The third kappa shape index (κ3) is 6.01. The lowest BCUT2D eigenvalue weighted by atomic mass is 9.95. The van der Waals surface area contributed by atoms with Crippen LogP contribution in [0.15, 0.2) is 24.3 Å². The van der Waals surface area contributed by atoms with E-state index in [1.54, 1.807) is 18.2 Å². The van der Waals surface area contributed by atoms with Gasteiger partial charge in [0.1, 0.15) is 12.4 Å². The summed E-state index contributed by atoms with van der Waals surface area (Å²) in [6, 6.07) is 6.29. The van der Waals surface area contributed by atoms with E-state index in [0.29, 0.717) is 24.6 Å². The number of nitrogens with one attached hydrogen (secondary N) is 1. The molecule has 0 radical (unpaired) electrons. The number of amides is 2. The molecule has 2 aliphatic heterocycles. The summed E-state index contributed by atoms with van der Waals surface area (Å²) in [5.41, 5.74) is 0.379. The number of ether oxygens (including phenoxy) is 1. The summed E-state index contributed by atoms with van der Waals surface area (Å²) in [6.45, 7) is 5.19. The van der Waals surface area contributed by atoms with Crippen LogP contribution >= 0.6 is 0 Å². The number of piperidine rings is 1. The second-order valence-electron chi connectivity index (χ2n) is 8.99. The maximum atomic E-state index is 13.7. The molecule has 0 aromatic heterocycles. The summed E-state index contributed by atoms with van der Waals surface area (Å²) in [5, 5.41) is 2.82. The molecule has 30 heavy (non-hydrogen) atoms.